The van der Waals surface area contributed by atoms with E-state index in [9.17, 15) is 4.79 Å². The predicted octanol–water partition coefficient (Wildman–Crippen LogP) is 2.11. The van der Waals surface area contributed by atoms with E-state index in [4.69, 9.17) is 15.3 Å². The molecule has 0 unspecified atom stereocenters. The van der Waals surface area contributed by atoms with E-state index >= 15 is 0 Å². The Hall–Kier alpha value is -1.95. The van der Waals surface area contributed by atoms with Crippen molar-refractivity contribution >= 4 is 23.4 Å². The van der Waals surface area contributed by atoms with E-state index in [-0.39, 0.29) is 11.3 Å². The summed E-state index contributed by atoms with van der Waals surface area (Å²) in [6.07, 6.45) is 2.98. The minimum Gasteiger partial charge on any atom is -0.478 e. The topological polar surface area (TPSA) is 89.4 Å². The van der Waals surface area contributed by atoms with Crippen molar-refractivity contribution in [2.24, 2.45) is 0 Å². The summed E-state index contributed by atoms with van der Waals surface area (Å²) in [7, 11) is 0. The van der Waals surface area contributed by atoms with E-state index in [0.29, 0.717) is 10.1 Å². The molecule has 82 valence electrons. The number of nitrogens with zero attached hydrogens (tertiary/aromatic N) is 1. The second kappa shape index (κ2) is 4.28. The van der Waals surface area contributed by atoms with Crippen LogP contribution in [0.5, 0.6) is 0 Å². The first-order valence-electron chi connectivity index (χ1n) is 4.37. The van der Waals surface area contributed by atoms with Crippen molar-refractivity contribution in [1.29, 1.82) is 0 Å². The zero-order valence-corrected chi connectivity index (χ0v) is 8.90. The molecule has 2 aromatic rings. The second-order valence-electron chi connectivity index (χ2n) is 2.95. The average molecular weight is 236 g/mol. The Labute approximate surface area is 95.3 Å². The molecule has 5 nitrogen and oxygen atoms in total. The lowest BCUT2D eigenvalue weighted by Crippen LogP contribution is -2.01. The van der Waals surface area contributed by atoms with Crippen LogP contribution < -0.4 is 5.73 Å². The molecule has 0 saturated heterocycles. The van der Waals surface area contributed by atoms with Crippen LogP contribution in [-0.2, 0) is 0 Å². The van der Waals surface area contributed by atoms with E-state index in [2.05, 4.69) is 4.98 Å². The maximum Gasteiger partial charge on any atom is 0.337 e. The molecule has 0 aliphatic heterocycles. The third kappa shape index (κ3) is 2.17. The molecule has 0 atom stereocenters. The molecule has 1 aromatic heterocycles. The fourth-order valence-electron chi connectivity index (χ4n) is 1.15. The molecule has 6 heteroatoms. The molecule has 0 aliphatic carbocycles. The molecule has 1 heterocycles. The van der Waals surface area contributed by atoms with Crippen LogP contribution in [0.4, 0.5) is 5.69 Å². The molecule has 16 heavy (non-hydrogen) atoms. The summed E-state index contributed by atoms with van der Waals surface area (Å²) in [6, 6.07) is 4.76. The Bertz CT molecular complexity index is 511. The molecule has 3 N–H and O–H groups in total. The summed E-state index contributed by atoms with van der Waals surface area (Å²) < 4.78 is 5.04. The van der Waals surface area contributed by atoms with Gasteiger partial charge in [-0.15, -0.1) is 0 Å². The van der Waals surface area contributed by atoms with E-state index in [1.807, 2.05) is 0 Å². The third-order valence-electron chi connectivity index (χ3n) is 1.87. The highest BCUT2D eigenvalue weighted by molar-refractivity contribution is 7.99. The van der Waals surface area contributed by atoms with Gasteiger partial charge in [-0.2, -0.15) is 0 Å². The molecule has 0 aliphatic rings. The summed E-state index contributed by atoms with van der Waals surface area (Å²) in [5.41, 5.74) is 5.85. The largest absolute Gasteiger partial charge is 0.478 e. The summed E-state index contributed by atoms with van der Waals surface area (Å²) in [4.78, 5) is 15.5. The van der Waals surface area contributed by atoms with Crippen LogP contribution in [0.2, 0.25) is 0 Å². The molecule has 0 saturated carbocycles. The van der Waals surface area contributed by atoms with Crippen LogP contribution in [0.25, 0.3) is 0 Å². The van der Waals surface area contributed by atoms with E-state index in [0.717, 1.165) is 0 Å². The minimum absolute atomic E-state index is 0.0801. The number of rotatable bonds is 3. The Morgan fingerprint density at radius 1 is 1.50 bits per heavy atom. The van der Waals surface area contributed by atoms with Gasteiger partial charge in [-0.25, -0.2) is 9.78 Å². The Balaban J connectivity index is 2.29. The number of nitrogen functional groups attached to an aromatic ring is 1. The molecule has 2 rings (SSSR count). The van der Waals surface area contributed by atoms with Crippen LogP contribution >= 0.6 is 11.8 Å². The van der Waals surface area contributed by atoms with Gasteiger partial charge in [0.25, 0.3) is 5.22 Å². The number of carboxylic acids is 1. The highest BCUT2D eigenvalue weighted by atomic mass is 32.2. The van der Waals surface area contributed by atoms with Gasteiger partial charge in [-0.1, -0.05) is 0 Å². The second-order valence-corrected chi connectivity index (χ2v) is 3.98. The minimum atomic E-state index is -1.05. The van der Waals surface area contributed by atoms with Gasteiger partial charge in [0.1, 0.15) is 6.26 Å². The number of carboxylic acid groups (broad SMARTS) is 1. The average Bonchev–Trinajstić information content (AvgIpc) is 2.73. The molecular formula is C10H8N2O3S. The van der Waals surface area contributed by atoms with Crippen molar-refractivity contribution < 1.29 is 14.3 Å². The molecule has 0 radical (unpaired) electrons. The van der Waals surface area contributed by atoms with Crippen molar-refractivity contribution in [2.45, 2.75) is 10.1 Å². The van der Waals surface area contributed by atoms with Crippen LogP contribution in [0.1, 0.15) is 10.4 Å². The number of aromatic carboxylic acids is 1. The van der Waals surface area contributed by atoms with Crippen LogP contribution in [0.3, 0.4) is 0 Å². The molecule has 0 bridgehead atoms. The lowest BCUT2D eigenvalue weighted by Gasteiger charge is -2.02. The number of benzene rings is 1. The zero-order chi connectivity index (χ0) is 11.5. The van der Waals surface area contributed by atoms with Crippen LogP contribution in [0.15, 0.2) is 45.2 Å². The number of nitrogens with two attached hydrogens (primary N) is 1. The number of aromatic nitrogens is 1. The number of hydrogen-bond donors (Lipinski definition) is 2. The summed E-state index contributed by atoms with van der Waals surface area (Å²) in [5.74, 6) is -1.05. The van der Waals surface area contributed by atoms with Gasteiger partial charge in [0.2, 0.25) is 0 Å². The first kappa shape index (κ1) is 10.6. The lowest BCUT2D eigenvalue weighted by atomic mass is 10.2. The quantitative estimate of drug-likeness (QED) is 0.793. The number of carbonyl (C=O) groups is 1. The Morgan fingerprint density at radius 3 is 2.94 bits per heavy atom. The normalized spacial score (nSPS) is 10.2. The van der Waals surface area contributed by atoms with Crippen molar-refractivity contribution in [1.82, 2.24) is 4.98 Å². The highest BCUT2D eigenvalue weighted by Gasteiger charge is 2.10. The Morgan fingerprint density at radius 2 is 2.31 bits per heavy atom. The standard InChI is InChI=1S/C10H8N2O3S/c11-8-2-1-6(5-7(8)9(13)14)16-10-12-3-4-15-10/h1-5H,11H2,(H,13,14). The fourth-order valence-corrected chi connectivity index (χ4v) is 1.88. The van der Waals surface area contributed by atoms with Gasteiger partial charge >= 0.3 is 5.97 Å². The zero-order valence-electron chi connectivity index (χ0n) is 8.08. The molecule has 0 amide bonds. The smallest absolute Gasteiger partial charge is 0.337 e. The first-order valence-corrected chi connectivity index (χ1v) is 5.18. The summed E-state index contributed by atoms with van der Waals surface area (Å²) in [5, 5.41) is 9.35. The number of hydrogen-bond acceptors (Lipinski definition) is 5. The third-order valence-corrected chi connectivity index (χ3v) is 2.74. The molecular weight excluding hydrogens is 228 g/mol. The van der Waals surface area contributed by atoms with Crippen molar-refractivity contribution in [3.63, 3.8) is 0 Å². The van der Waals surface area contributed by atoms with Crippen molar-refractivity contribution in [3.05, 3.63) is 36.2 Å². The summed E-state index contributed by atoms with van der Waals surface area (Å²) in [6.45, 7) is 0. The van der Waals surface area contributed by atoms with Gasteiger partial charge < -0.3 is 15.3 Å². The van der Waals surface area contributed by atoms with Crippen molar-refractivity contribution in [2.75, 3.05) is 5.73 Å². The number of anilines is 1. The van der Waals surface area contributed by atoms with Gasteiger partial charge in [0, 0.05) is 10.6 Å². The van der Waals surface area contributed by atoms with E-state index < -0.39 is 5.97 Å². The maximum atomic E-state index is 10.8. The fraction of sp³-hybridized carbons (Fsp3) is 0. The van der Waals surface area contributed by atoms with E-state index in [1.165, 1.54) is 30.3 Å². The SMILES string of the molecule is Nc1ccc(Sc2ncco2)cc1C(=O)O. The van der Waals surface area contributed by atoms with Crippen molar-refractivity contribution in [3.8, 4) is 0 Å². The first-order chi connectivity index (χ1) is 7.66. The highest BCUT2D eigenvalue weighted by Crippen LogP contribution is 2.28. The van der Waals surface area contributed by atoms with Gasteiger partial charge in [0.05, 0.1) is 11.8 Å². The van der Waals surface area contributed by atoms with Gasteiger partial charge in [0.15, 0.2) is 0 Å². The molecule has 0 spiro atoms. The van der Waals surface area contributed by atoms with E-state index in [1.54, 1.807) is 12.1 Å². The number of oxazole rings is 1. The molecule has 0 fully saturated rings. The van der Waals surface area contributed by atoms with Crippen LogP contribution in [0, 0.1) is 0 Å². The summed E-state index contributed by atoms with van der Waals surface area (Å²) >= 11 is 1.24. The molecule has 1 aromatic carbocycles. The Kier molecular flexibility index (Phi) is 2.82. The lowest BCUT2D eigenvalue weighted by molar-refractivity contribution is 0.0698. The predicted molar refractivity (Wildman–Crippen MR) is 58.4 cm³/mol. The maximum absolute atomic E-state index is 10.8. The monoisotopic (exact) mass is 236 g/mol. The van der Waals surface area contributed by atoms with Crippen LogP contribution in [-0.4, -0.2) is 16.1 Å². The van der Waals surface area contributed by atoms with Gasteiger partial charge in [-0.3, -0.25) is 0 Å². The van der Waals surface area contributed by atoms with Gasteiger partial charge in [-0.05, 0) is 30.0 Å².